The van der Waals surface area contributed by atoms with E-state index >= 15 is 0 Å². The zero-order valence-corrected chi connectivity index (χ0v) is 11.6. The highest BCUT2D eigenvalue weighted by molar-refractivity contribution is 5.85. The number of hydrogen-bond acceptors (Lipinski definition) is 2. The lowest BCUT2D eigenvalue weighted by atomic mass is 9.65. The highest BCUT2D eigenvalue weighted by Gasteiger charge is 2.43. The summed E-state index contributed by atoms with van der Waals surface area (Å²) in [6.45, 7) is 2.15. The fourth-order valence-electron chi connectivity index (χ4n) is 3.48. The molecule has 3 rings (SSSR count). The van der Waals surface area contributed by atoms with Gasteiger partial charge in [-0.15, -0.1) is 0 Å². The van der Waals surface area contributed by atoms with Crippen LogP contribution in [0.15, 0.2) is 36.5 Å². The second kappa shape index (κ2) is 4.93. The third-order valence-corrected chi connectivity index (χ3v) is 4.68. The van der Waals surface area contributed by atoms with Crippen LogP contribution < -0.4 is 0 Å². The van der Waals surface area contributed by atoms with E-state index in [0.29, 0.717) is 5.92 Å². The van der Waals surface area contributed by atoms with Gasteiger partial charge in [-0.25, -0.2) is 4.79 Å². The van der Waals surface area contributed by atoms with Crippen LogP contribution >= 0.6 is 0 Å². The molecule has 1 aromatic carbocycles. The number of aromatic nitrogens is 1. The smallest absolute Gasteiger partial charge is 0.121 e. The molecule has 2 N–H and O–H groups in total. The second-order valence-corrected chi connectivity index (χ2v) is 5.95. The predicted octanol–water partition coefficient (Wildman–Crippen LogP) is 2.97. The lowest BCUT2D eigenvalue weighted by Gasteiger charge is -2.40. The van der Waals surface area contributed by atoms with Gasteiger partial charge in [0.05, 0.1) is 11.5 Å². The van der Waals surface area contributed by atoms with Gasteiger partial charge >= 0.3 is 0 Å². The number of rotatable bonds is 2. The topological polar surface area (TPSA) is 53.1 Å². The second-order valence-electron chi connectivity index (χ2n) is 5.95. The van der Waals surface area contributed by atoms with Crippen LogP contribution in [0.25, 0.3) is 10.9 Å². The van der Waals surface area contributed by atoms with Gasteiger partial charge in [-0.3, -0.25) is 0 Å². The monoisotopic (exact) mass is 269 g/mol. The first-order valence-electron chi connectivity index (χ1n) is 7.14. The fourth-order valence-corrected chi connectivity index (χ4v) is 3.48. The molecule has 1 heterocycles. The maximum Gasteiger partial charge on any atom is 0.121 e. The molecule has 1 saturated carbocycles. The van der Waals surface area contributed by atoms with Crippen LogP contribution in [-0.2, 0) is 10.2 Å². The van der Waals surface area contributed by atoms with Crippen molar-refractivity contribution in [3.05, 3.63) is 42.1 Å². The molecule has 0 radical (unpaired) electrons. The molecular formula is C17H19NO2. The van der Waals surface area contributed by atoms with Gasteiger partial charge in [-0.05, 0) is 36.8 Å². The Labute approximate surface area is 118 Å². The first kappa shape index (κ1) is 13.2. The normalized spacial score (nSPS) is 30.1. The van der Waals surface area contributed by atoms with Crippen molar-refractivity contribution < 1.29 is 9.90 Å². The number of hydrogen-bond donors (Lipinski definition) is 2. The highest BCUT2D eigenvalue weighted by Crippen LogP contribution is 2.44. The molecule has 1 aliphatic rings. The van der Waals surface area contributed by atoms with Gasteiger partial charge in [-0.1, -0.05) is 25.1 Å². The molecule has 2 aromatic rings. The Morgan fingerprint density at radius 1 is 1.45 bits per heavy atom. The summed E-state index contributed by atoms with van der Waals surface area (Å²) < 4.78 is 0. The van der Waals surface area contributed by atoms with Gasteiger partial charge in [0.1, 0.15) is 5.94 Å². The summed E-state index contributed by atoms with van der Waals surface area (Å²) >= 11 is 0. The average Bonchev–Trinajstić information content (AvgIpc) is 2.87. The van der Waals surface area contributed by atoms with Gasteiger partial charge < -0.3 is 10.1 Å². The van der Waals surface area contributed by atoms with Crippen molar-refractivity contribution in [2.75, 3.05) is 0 Å². The molecule has 3 atom stereocenters. The SMILES string of the molecule is CC1CCC(C=C=O)(c2c[nH]c3ccccc23)C(O)C1. The van der Waals surface area contributed by atoms with Crippen LogP contribution in [0.3, 0.4) is 0 Å². The van der Waals surface area contributed by atoms with E-state index in [0.717, 1.165) is 35.7 Å². The zero-order valence-electron chi connectivity index (χ0n) is 11.6. The van der Waals surface area contributed by atoms with Crippen molar-refractivity contribution in [3.63, 3.8) is 0 Å². The van der Waals surface area contributed by atoms with Gasteiger partial charge in [0.25, 0.3) is 0 Å². The molecule has 0 amide bonds. The predicted molar refractivity (Wildman–Crippen MR) is 79.3 cm³/mol. The Hall–Kier alpha value is -1.83. The number of carbonyl (C=O) groups excluding carboxylic acids is 1. The van der Waals surface area contributed by atoms with Crippen LogP contribution in [0.5, 0.6) is 0 Å². The van der Waals surface area contributed by atoms with Gasteiger partial charge in [0, 0.05) is 23.2 Å². The number of H-pyrrole nitrogens is 1. The standard InChI is InChI=1S/C17H19NO2/c1-12-6-7-17(8-9-19,16(20)10-12)14-11-18-15-5-3-2-4-13(14)15/h2-5,8,11-12,16,18,20H,6-7,10H2,1H3. The fraction of sp³-hybridized carbons (Fsp3) is 0.412. The summed E-state index contributed by atoms with van der Waals surface area (Å²) in [6, 6.07) is 8.00. The number of aliphatic hydroxyl groups excluding tert-OH is 1. The van der Waals surface area contributed by atoms with E-state index in [4.69, 9.17) is 0 Å². The quantitative estimate of drug-likeness (QED) is 0.823. The molecule has 1 aromatic heterocycles. The van der Waals surface area contributed by atoms with E-state index in [1.54, 1.807) is 0 Å². The Morgan fingerprint density at radius 3 is 3.00 bits per heavy atom. The summed E-state index contributed by atoms with van der Waals surface area (Å²) in [5.41, 5.74) is 1.44. The molecule has 0 aliphatic heterocycles. The molecule has 1 aliphatic carbocycles. The molecule has 3 nitrogen and oxygen atoms in total. The molecule has 3 heteroatoms. The van der Waals surface area contributed by atoms with Gasteiger partial charge in [-0.2, -0.15) is 0 Å². The lowest BCUT2D eigenvalue weighted by Crippen LogP contribution is -2.42. The lowest BCUT2D eigenvalue weighted by molar-refractivity contribution is 0.0481. The van der Waals surface area contributed by atoms with E-state index in [-0.39, 0.29) is 0 Å². The van der Waals surface area contributed by atoms with Crippen LogP contribution in [0.4, 0.5) is 0 Å². The first-order chi connectivity index (χ1) is 9.67. The molecule has 104 valence electrons. The summed E-state index contributed by atoms with van der Waals surface area (Å²) in [7, 11) is 0. The minimum atomic E-state index is -0.603. The number of benzene rings is 1. The van der Waals surface area contributed by atoms with E-state index in [1.807, 2.05) is 36.4 Å². The van der Waals surface area contributed by atoms with Crippen molar-refractivity contribution in [3.8, 4) is 0 Å². The third kappa shape index (κ3) is 1.91. The summed E-state index contributed by atoms with van der Waals surface area (Å²) in [4.78, 5) is 14.3. The van der Waals surface area contributed by atoms with E-state index in [9.17, 15) is 9.90 Å². The number of aromatic amines is 1. The minimum Gasteiger partial charge on any atom is -0.392 e. The van der Waals surface area contributed by atoms with E-state index in [2.05, 4.69) is 11.9 Å². The largest absolute Gasteiger partial charge is 0.392 e. The van der Waals surface area contributed by atoms with Gasteiger partial charge in [0.2, 0.25) is 0 Å². The molecular weight excluding hydrogens is 250 g/mol. The van der Waals surface area contributed by atoms with E-state index < -0.39 is 11.5 Å². The summed E-state index contributed by atoms with van der Waals surface area (Å²) in [6.07, 6.45) is 5.43. The van der Waals surface area contributed by atoms with E-state index in [1.165, 1.54) is 6.08 Å². The van der Waals surface area contributed by atoms with Gasteiger partial charge in [0.15, 0.2) is 0 Å². The third-order valence-electron chi connectivity index (χ3n) is 4.68. The highest BCUT2D eigenvalue weighted by atomic mass is 16.3. The average molecular weight is 269 g/mol. The summed E-state index contributed by atoms with van der Waals surface area (Å²) in [5.74, 6) is 2.42. The van der Waals surface area contributed by atoms with Crippen LogP contribution in [0.2, 0.25) is 0 Å². The van der Waals surface area contributed by atoms with Crippen molar-refractivity contribution in [2.24, 2.45) is 5.92 Å². The van der Waals surface area contributed by atoms with Crippen molar-refractivity contribution >= 4 is 16.8 Å². The number of aliphatic hydroxyl groups is 1. The molecule has 20 heavy (non-hydrogen) atoms. The molecule has 0 spiro atoms. The van der Waals surface area contributed by atoms with Crippen molar-refractivity contribution in [1.82, 2.24) is 4.98 Å². The number of fused-ring (bicyclic) bond motifs is 1. The minimum absolute atomic E-state index is 0.489. The summed E-state index contributed by atoms with van der Waals surface area (Å²) in [5, 5.41) is 11.7. The molecule has 0 bridgehead atoms. The van der Waals surface area contributed by atoms with Crippen LogP contribution in [0, 0.1) is 5.92 Å². The van der Waals surface area contributed by atoms with Crippen LogP contribution in [0.1, 0.15) is 31.7 Å². The maximum atomic E-state index is 11.0. The Kier molecular flexibility index (Phi) is 3.25. The van der Waals surface area contributed by atoms with Crippen LogP contribution in [-0.4, -0.2) is 22.1 Å². The molecule has 3 unspecified atom stereocenters. The Bertz CT molecular complexity index is 668. The number of nitrogens with one attached hydrogen (secondary N) is 1. The number of para-hydroxylation sites is 1. The first-order valence-corrected chi connectivity index (χ1v) is 7.14. The molecule has 1 fully saturated rings. The maximum absolute atomic E-state index is 11.0. The van der Waals surface area contributed by atoms with Crippen molar-refractivity contribution in [1.29, 1.82) is 0 Å². The Morgan fingerprint density at radius 2 is 2.25 bits per heavy atom. The molecule has 0 saturated heterocycles. The van der Waals surface area contributed by atoms with Crippen molar-refractivity contribution in [2.45, 2.75) is 37.7 Å². The Balaban J connectivity index is 2.18. The zero-order chi connectivity index (χ0) is 14.2.